The van der Waals surface area contributed by atoms with E-state index >= 15 is 0 Å². The van der Waals surface area contributed by atoms with Crippen molar-refractivity contribution in [1.29, 1.82) is 0 Å². The second-order valence-corrected chi connectivity index (χ2v) is 1.91. The summed E-state index contributed by atoms with van der Waals surface area (Å²) in [6, 6.07) is 0. The van der Waals surface area contributed by atoms with Crippen molar-refractivity contribution in [2.75, 3.05) is 6.61 Å². The topological polar surface area (TPSA) is 55.8 Å². The summed E-state index contributed by atoms with van der Waals surface area (Å²) >= 11 is 0. The van der Waals surface area contributed by atoms with Gasteiger partial charge in [-0.1, -0.05) is 6.08 Å². The summed E-state index contributed by atoms with van der Waals surface area (Å²) in [4.78, 5) is 10.2. The number of carboxylic acids is 1. The lowest BCUT2D eigenvalue weighted by Gasteiger charge is -2.01. The first-order chi connectivity index (χ1) is 4.74. The van der Waals surface area contributed by atoms with Crippen molar-refractivity contribution in [3.63, 3.8) is 0 Å². The van der Waals surface area contributed by atoms with Crippen LogP contribution in [0.25, 0.3) is 0 Å². The Morgan fingerprint density at radius 1 is 1.80 bits per heavy atom. The van der Waals surface area contributed by atoms with Gasteiger partial charge in [-0.3, -0.25) is 0 Å². The predicted octanol–water partition coefficient (Wildman–Crippen LogP) is -0.00150. The van der Waals surface area contributed by atoms with Crippen LogP contribution in [0.4, 0.5) is 0 Å². The van der Waals surface area contributed by atoms with Crippen molar-refractivity contribution >= 4 is 5.97 Å². The Morgan fingerprint density at radius 3 is 2.80 bits per heavy atom. The van der Waals surface area contributed by atoms with Crippen LogP contribution in [0.3, 0.4) is 0 Å². The summed E-state index contributed by atoms with van der Waals surface area (Å²) in [6.45, 7) is 3.72. The third kappa shape index (κ3) is 1.34. The van der Waals surface area contributed by atoms with Gasteiger partial charge in [0.25, 0.3) is 6.29 Å². The predicted molar refractivity (Wildman–Crippen MR) is 32.4 cm³/mol. The van der Waals surface area contributed by atoms with Crippen molar-refractivity contribution in [1.82, 2.24) is 0 Å². The quantitative estimate of drug-likeness (QED) is 0.554. The number of aliphatic carboxylic acids is 1. The van der Waals surface area contributed by atoms with Crippen LogP contribution in [0, 0.1) is 0 Å². The fourth-order valence-electron chi connectivity index (χ4n) is 0.673. The molecule has 0 aliphatic carbocycles. The van der Waals surface area contributed by atoms with Gasteiger partial charge >= 0.3 is 5.97 Å². The summed E-state index contributed by atoms with van der Waals surface area (Å²) in [5.41, 5.74) is 0. The third-order valence-electron chi connectivity index (χ3n) is 1.17. The molecule has 0 radical (unpaired) electrons. The van der Waals surface area contributed by atoms with Gasteiger partial charge in [0.2, 0.25) is 0 Å². The Kier molecular flexibility index (Phi) is 2.03. The highest BCUT2D eigenvalue weighted by atomic mass is 16.7. The van der Waals surface area contributed by atoms with Crippen LogP contribution in [0.5, 0.6) is 0 Å². The number of ether oxygens (including phenoxy) is 2. The SMILES string of the molecule is C=CC1COC(C(=O)O)O1. The molecule has 0 bridgehead atoms. The molecular weight excluding hydrogens is 136 g/mol. The zero-order valence-corrected chi connectivity index (χ0v) is 5.32. The Hall–Kier alpha value is -0.870. The standard InChI is InChI=1S/C6H8O4/c1-2-4-3-9-6(10-4)5(7)8/h2,4,6H,1,3H2,(H,7,8). The van der Waals surface area contributed by atoms with Crippen LogP contribution in [0.1, 0.15) is 0 Å². The van der Waals surface area contributed by atoms with E-state index in [1.165, 1.54) is 6.08 Å². The molecule has 1 aliphatic rings. The van der Waals surface area contributed by atoms with Crippen LogP contribution in [-0.2, 0) is 14.3 Å². The van der Waals surface area contributed by atoms with Crippen LogP contribution in [0.15, 0.2) is 12.7 Å². The second-order valence-electron chi connectivity index (χ2n) is 1.91. The Morgan fingerprint density at radius 2 is 2.50 bits per heavy atom. The molecule has 1 heterocycles. The molecule has 0 saturated carbocycles. The monoisotopic (exact) mass is 144 g/mol. The van der Waals surface area contributed by atoms with E-state index in [0.29, 0.717) is 0 Å². The first-order valence-electron chi connectivity index (χ1n) is 2.86. The van der Waals surface area contributed by atoms with E-state index in [2.05, 4.69) is 6.58 Å². The van der Waals surface area contributed by atoms with Crippen molar-refractivity contribution in [2.24, 2.45) is 0 Å². The minimum absolute atomic E-state index is 0.277. The van der Waals surface area contributed by atoms with E-state index in [9.17, 15) is 4.79 Å². The number of carbonyl (C=O) groups is 1. The van der Waals surface area contributed by atoms with Crippen molar-refractivity contribution < 1.29 is 19.4 Å². The number of rotatable bonds is 2. The first kappa shape index (κ1) is 7.24. The summed E-state index contributed by atoms with van der Waals surface area (Å²) in [7, 11) is 0. The molecule has 56 valence electrons. The van der Waals surface area contributed by atoms with Crippen LogP contribution in [-0.4, -0.2) is 30.1 Å². The zero-order valence-electron chi connectivity index (χ0n) is 5.32. The fraction of sp³-hybridized carbons (Fsp3) is 0.500. The lowest BCUT2D eigenvalue weighted by molar-refractivity contribution is -0.166. The third-order valence-corrected chi connectivity index (χ3v) is 1.17. The molecule has 10 heavy (non-hydrogen) atoms. The average molecular weight is 144 g/mol. The molecule has 1 N–H and O–H groups in total. The van der Waals surface area contributed by atoms with Crippen molar-refractivity contribution in [3.05, 3.63) is 12.7 Å². The van der Waals surface area contributed by atoms with Gasteiger partial charge in [-0.15, -0.1) is 6.58 Å². The normalized spacial score (nSPS) is 32.0. The molecule has 1 aliphatic heterocycles. The molecule has 4 heteroatoms. The van der Waals surface area contributed by atoms with Gasteiger partial charge in [0, 0.05) is 0 Å². The minimum atomic E-state index is -1.11. The maximum absolute atomic E-state index is 10.2. The molecule has 0 aromatic rings. The maximum Gasteiger partial charge on any atom is 0.361 e. The van der Waals surface area contributed by atoms with Crippen LogP contribution < -0.4 is 0 Å². The smallest absolute Gasteiger partial charge is 0.361 e. The highest BCUT2D eigenvalue weighted by Crippen LogP contribution is 2.11. The van der Waals surface area contributed by atoms with E-state index in [-0.39, 0.29) is 12.7 Å². The van der Waals surface area contributed by atoms with Crippen LogP contribution >= 0.6 is 0 Å². The first-order valence-corrected chi connectivity index (χ1v) is 2.86. The van der Waals surface area contributed by atoms with Gasteiger partial charge in [0.1, 0.15) is 6.10 Å². The molecule has 2 atom stereocenters. The molecule has 1 saturated heterocycles. The van der Waals surface area contributed by atoms with E-state index in [1.54, 1.807) is 0 Å². The molecule has 0 spiro atoms. The summed E-state index contributed by atoms with van der Waals surface area (Å²) in [6.07, 6.45) is 0.132. The molecule has 0 amide bonds. The fourth-order valence-corrected chi connectivity index (χ4v) is 0.673. The molecular formula is C6H8O4. The summed E-state index contributed by atoms with van der Waals surface area (Å²) in [5.74, 6) is -1.09. The Bertz CT molecular complexity index is 154. The van der Waals surface area contributed by atoms with Gasteiger partial charge < -0.3 is 14.6 Å². The average Bonchev–Trinajstić information content (AvgIpc) is 2.34. The van der Waals surface area contributed by atoms with Gasteiger partial charge in [-0.05, 0) is 0 Å². The summed E-state index contributed by atoms with van der Waals surface area (Å²) in [5, 5.41) is 8.34. The molecule has 0 aromatic heterocycles. The number of hydrogen-bond acceptors (Lipinski definition) is 3. The van der Waals surface area contributed by atoms with Gasteiger partial charge in [0.05, 0.1) is 6.61 Å². The van der Waals surface area contributed by atoms with Crippen molar-refractivity contribution in [3.8, 4) is 0 Å². The molecule has 1 rings (SSSR count). The lowest BCUT2D eigenvalue weighted by Crippen LogP contribution is -2.21. The van der Waals surface area contributed by atoms with E-state index in [4.69, 9.17) is 14.6 Å². The molecule has 4 nitrogen and oxygen atoms in total. The van der Waals surface area contributed by atoms with Crippen molar-refractivity contribution in [2.45, 2.75) is 12.4 Å². The van der Waals surface area contributed by atoms with E-state index < -0.39 is 12.3 Å². The number of hydrogen-bond donors (Lipinski definition) is 1. The molecule has 2 unspecified atom stereocenters. The van der Waals surface area contributed by atoms with E-state index in [1.807, 2.05) is 0 Å². The molecule has 1 fully saturated rings. The highest BCUT2D eigenvalue weighted by Gasteiger charge is 2.29. The van der Waals surface area contributed by atoms with Crippen LogP contribution in [0.2, 0.25) is 0 Å². The lowest BCUT2D eigenvalue weighted by atomic mass is 10.4. The minimum Gasteiger partial charge on any atom is -0.477 e. The maximum atomic E-state index is 10.2. The second kappa shape index (κ2) is 2.81. The zero-order chi connectivity index (χ0) is 7.56. The van der Waals surface area contributed by atoms with Gasteiger partial charge in [0.15, 0.2) is 0 Å². The van der Waals surface area contributed by atoms with Gasteiger partial charge in [-0.25, -0.2) is 4.79 Å². The Balaban J connectivity index is 2.42. The number of carboxylic acid groups (broad SMARTS) is 1. The highest BCUT2D eigenvalue weighted by molar-refractivity contribution is 5.70. The largest absolute Gasteiger partial charge is 0.477 e. The Labute approximate surface area is 58.1 Å². The van der Waals surface area contributed by atoms with E-state index in [0.717, 1.165) is 0 Å². The summed E-state index contributed by atoms with van der Waals surface area (Å²) < 4.78 is 9.56. The molecule has 0 aromatic carbocycles. The van der Waals surface area contributed by atoms with Gasteiger partial charge in [-0.2, -0.15) is 0 Å².